The third-order valence-electron chi connectivity index (χ3n) is 1.79. The number of rotatable bonds is 3. The standard InChI is InChI=1S/C6H5F3N2.C5H13N/c7-6(8,9)4-1-2-5(10)11-3-4;1-3-5-6-4-2/h1-3H,(H2,10,11);6H,3-5H2,1-2H3. The molecule has 0 spiro atoms. The number of anilines is 1. The normalized spacial score (nSPS) is 10.6. The third kappa shape index (κ3) is 7.57. The van der Waals surface area contributed by atoms with Crippen molar-refractivity contribution in [1.29, 1.82) is 0 Å². The molecule has 1 aromatic rings. The number of nitrogen functional groups attached to an aromatic ring is 1. The molecule has 0 radical (unpaired) electrons. The number of nitrogens with zero attached hydrogens (tertiary/aromatic N) is 1. The highest BCUT2D eigenvalue weighted by molar-refractivity contribution is 5.30. The summed E-state index contributed by atoms with van der Waals surface area (Å²) in [6, 6.07) is 2.01. The zero-order valence-electron chi connectivity index (χ0n) is 10.0. The van der Waals surface area contributed by atoms with Crippen molar-refractivity contribution in [2.24, 2.45) is 0 Å². The Labute approximate surface area is 99.2 Å². The number of nitrogens with one attached hydrogen (secondary N) is 1. The quantitative estimate of drug-likeness (QED) is 0.810. The van der Waals surface area contributed by atoms with Gasteiger partial charge in [-0.2, -0.15) is 13.2 Å². The Kier molecular flexibility index (Phi) is 7.29. The molecule has 3 N–H and O–H groups in total. The van der Waals surface area contributed by atoms with Crippen molar-refractivity contribution < 1.29 is 13.2 Å². The molecule has 3 nitrogen and oxygen atoms in total. The molecule has 0 aliphatic carbocycles. The summed E-state index contributed by atoms with van der Waals surface area (Å²) in [5.74, 6) is 0.0815. The van der Waals surface area contributed by atoms with Gasteiger partial charge in [-0.25, -0.2) is 4.98 Å². The van der Waals surface area contributed by atoms with Gasteiger partial charge in [0, 0.05) is 6.20 Å². The molecule has 0 saturated heterocycles. The maximum absolute atomic E-state index is 11.8. The summed E-state index contributed by atoms with van der Waals surface area (Å²) in [6.45, 7) is 6.56. The van der Waals surface area contributed by atoms with Crippen molar-refractivity contribution in [2.75, 3.05) is 18.8 Å². The highest BCUT2D eigenvalue weighted by Crippen LogP contribution is 2.28. The van der Waals surface area contributed by atoms with E-state index in [0.717, 1.165) is 25.2 Å². The number of halogens is 3. The Hall–Kier alpha value is -1.30. The molecule has 1 heterocycles. The van der Waals surface area contributed by atoms with Gasteiger partial charge in [-0.15, -0.1) is 0 Å². The number of hydrogen-bond acceptors (Lipinski definition) is 3. The van der Waals surface area contributed by atoms with Gasteiger partial charge >= 0.3 is 6.18 Å². The van der Waals surface area contributed by atoms with E-state index < -0.39 is 11.7 Å². The number of nitrogens with two attached hydrogens (primary N) is 1. The molecule has 6 heteroatoms. The van der Waals surface area contributed by atoms with Crippen LogP contribution in [0.25, 0.3) is 0 Å². The number of alkyl halides is 3. The summed E-state index contributed by atoms with van der Waals surface area (Å²) in [6.07, 6.45) is -2.39. The second-order valence-electron chi connectivity index (χ2n) is 3.32. The smallest absolute Gasteiger partial charge is 0.384 e. The van der Waals surface area contributed by atoms with Crippen LogP contribution in [0.2, 0.25) is 0 Å². The first kappa shape index (κ1) is 15.7. The Morgan fingerprint density at radius 2 is 1.94 bits per heavy atom. The first-order valence-corrected chi connectivity index (χ1v) is 5.41. The van der Waals surface area contributed by atoms with Gasteiger partial charge in [0.1, 0.15) is 5.82 Å². The average Bonchev–Trinajstić information content (AvgIpc) is 2.26. The average molecular weight is 249 g/mol. The molecule has 0 unspecified atom stereocenters. The highest BCUT2D eigenvalue weighted by atomic mass is 19.4. The summed E-state index contributed by atoms with van der Waals surface area (Å²) in [7, 11) is 0. The van der Waals surface area contributed by atoms with Crippen LogP contribution in [-0.4, -0.2) is 18.1 Å². The maximum atomic E-state index is 11.8. The van der Waals surface area contributed by atoms with Crippen molar-refractivity contribution in [3.63, 3.8) is 0 Å². The molecule has 98 valence electrons. The lowest BCUT2D eigenvalue weighted by Crippen LogP contribution is -2.12. The van der Waals surface area contributed by atoms with Gasteiger partial charge in [0.25, 0.3) is 0 Å². The van der Waals surface area contributed by atoms with E-state index in [4.69, 9.17) is 5.73 Å². The minimum absolute atomic E-state index is 0.0815. The minimum Gasteiger partial charge on any atom is -0.384 e. The molecular weight excluding hydrogens is 231 g/mol. The van der Waals surface area contributed by atoms with Crippen LogP contribution in [0, 0.1) is 0 Å². The van der Waals surface area contributed by atoms with Gasteiger partial charge in [0.2, 0.25) is 0 Å². The fourth-order valence-corrected chi connectivity index (χ4v) is 0.927. The van der Waals surface area contributed by atoms with Crippen LogP contribution in [0.1, 0.15) is 25.8 Å². The Morgan fingerprint density at radius 1 is 1.29 bits per heavy atom. The van der Waals surface area contributed by atoms with Gasteiger partial charge in [0.05, 0.1) is 5.56 Å². The molecule has 0 aromatic carbocycles. The second kappa shape index (κ2) is 7.89. The van der Waals surface area contributed by atoms with Gasteiger partial charge in [-0.3, -0.25) is 0 Å². The first-order valence-electron chi connectivity index (χ1n) is 5.41. The van der Waals surface area contributed by atoms with E-state index in [1.807, 2.05) is 0 Å². The van der Waals surface area contributed by atoms with E-state index >= 15 is 0 Å². The largest absolute Gasteiger partial charge is 0.417 e. The van der Waals surface area contributed by atoms with E-state index in [0.29, 0.717) is 6.20 Å². The number of aromatic nitrogens is 1. The fourth-order valence-electron chi connectivity index (χ4n) is 0.927. The van der Waals surface area contributed by atoms with E-state index in [-0.39, 0.29) is 5.82 Å². The van der Waals surface area contributed by atoms with E-state index in [2.05, 4.69) is 24.1 Å². The monoisotopic (exact) mass is 249 g/mol. The van der Waals surface area contributed by atoms with Crippen molar-refractivity contribution >= 4 is 5.82 Å². The van der Waals surface area contributed by atoms with Gasteiger partial charge < -0.3 is 11.1 Å². The summed E-state index contributed by atoms with van der Waals surface area (Å²) in [4.78, 5) is 3.30. The Morgan fingerprint density at radius 3 is 2.24 bits per heavy atom. The van der Waals surface area contributed by atoms with Gasteiger partial charge in [-0.1, -0.05) is 13.8 Å². The van der Waals surface area contributed by atoms with Gasteiger partial charge in [0.15, 0.2) is 0 Å². The van der Waals surface area contributed by atoms with E-state index in [1.165, 1.54) is 6.42 Å². The molecule has 0 fully saturated rings. The van der Waals surface area contributed by atoms with Crippen LogP contribution in [0.5, 0.6) is 0 Å². The Bertz CT molecular complexity index is 292. The topological polar surface area (TPSA) is 50.9 Å². The Balaban J connectivity index is 0.000000366. The summed E-state index contributed by atoms with van der Waals surface area (Å²) < 4.78 is 35.5. The molecular formula is C11H18F3N3. The second-order valence-corrected chi connectivity index (χ2v) is 3.32. The molecule has 0 aliphatic rings. The van der Waals surface area contributed by atoms with Crippen LogP contribution in [0.4, 0.5) is 19.0 Å². The number of hydrogen-bond donors (Lipinski definition) is 2. The molecule has 0 amide bonds. The molecule has 0 saturated carbocycles. The van der Waals surface area contributed by atoms with Crippen molar-refractivity contribution in [3.05, 3.63) is 23.9 Å². The summed E-state index contributed by atoms with van der Waals surface area (Å²) in [5.41, 5.74) is 4.31. The lowest BCUT2D eigenvalue weighted by atomic mass is 10.3. The molecule has 1 aromatic heterocycles. The zero-order chi connectivity index (χ0) is 13.3. The van der Waals surface area contributed by atoms with E-state index in [1.54, 1.807) is 0 Å². The number of pyridine rings is 1. The lowest BCUT2D eigenvalue weighted by molar-refractivity contribution is -0.137. The third-order valence-corrected chi connectivity index (χ3v) is 1.79. The van der Waals surface area contributed by atoms with Crippen molar-refractivity contribution in [3.8, 4) is 0 Å². The van der Waals surface area contributed by atoms with Crippen LogP contribution >= 0.6 is 0 Å². The predicted molar refractivity (Wildman–Crippen MR) is 62.5 cm³/mol. The van der Waals surface area contributed by atoms with Crippen LogP contribution in [-0.2, 0) is 6.18 Å². The molecule has 0 bridgehead atoms. The minimum atomic E-state index is -4.33. The van der Waals surface area contributed by atoms with Crippen LogP contribution < -0.4 is 11.1 Å². The van der Waals surface area contributed by atoms with Gasteiger partial charge in [-0.05, 0) is 31.6 Å². The van der Waals surface area contributed by atoms with Crippen molar-refractivity contribution in [1.82, 2.24) is 10.3 Å². The fraction of sp³-hybridized carbons (Fsp3) is 0.545. The zero-order valence-corrected chi connectivity index (χ0v) is 10.0. The maximum Gasteiger partial charge on any atom is 0.417 e. The first-order chi connectivity index (χ1) is 7.91. The van der Waals surface area contributed by atoms with Crippen molar-refractivity contribution in [2.45, 2.75) is 26.4 Å². The highest BCUT2D eigenvalue weighted by Gasteiger charge is 2.30. The van der Waals surface area contributed by atoms with Crippen LogP contribution in [0.15, 0.2) is 18.3 Å². The molecule has 17 heavy (non-hydrogen) atoms. The van der Waals surface area contributed by atoms with E-state index in [9.17, 15) is 13.2 Å². The predicted octanol–water partition coefficient (Wildman–Crippen LogP) is 2.69. The summed E-state index contributed by atoms with van der Waals surface area (Å²) >= 11 is 0. The van der Waals surface area contributed by atoms with Crippen LogP contribution in [0.3, 0.4) is 0 Å². The molecule has 0 aliphatic heterocycles. The summed E-state index contributed by atoms with van der Waals surface area (Å²) in [5, 5.41) is 3.20. The SMILES string of the molecule is CCCNCC.Nc1ccc(C(F)(F)F)cn1. The molecule has 0 atom stereocenters. The molecule has 1 rings (SSSR count). The lowest BCUT2D eigenvalue weighted by Gasteiger charge is -2.04.